The summed E-state index contributed by atoms with van der Waals surface area (Å²) in [7, 11) is 6.85. The molecule has 0 unspecified atom stereocenters. The van der Waals surface area contributed by atoms with Gasteiger partial charge in [-0.1, -0.05) is 24.3 Å². The molecule has 9 rings (SSSR count). The largest absolute Gasteiger partial charge is 0.496 e. The molecular weight excluding hydrogens is 1120 g/mol. The first-order chi connectivity index (χ1) is 42.3. The van der Waals surface area contributed by atoms with Crippen molar-refractivity contribution in [3.8, 4) is 34.8 Å². The van der Waals surface area contributed by atoms with Gasteiger partial charge in [0.2, 0.25) is 23.6 Å². The highest BCUT2D eigenvalue weighted by molar-refractivity contribution is 5.96. The van der Waals surface area contributed by atoms with Gasteiger partial charge in [-0.25, -0.2) is 9.97 Å². The predicted octanol–water partition coefficient (Wildman–Crippen LogP) is 11.7. The number of methoxy groups -OCH3 is 2. The van der Waals surface area contributed by atoms with Crippen LogP contribution in [-0.4, -0.2) is 135 Å². The Morgan fingerprint density at radius 3 is 1.86 bits per heavy atom. The van der Waals surface area contributed by atoms with Crippen LogP contribution in [-0.2, 0) is 38.2 Å². The maximum absolute atomic E-state index is 14.0. The van der Waals surface area contributed by atoms with Crippen molar-refractivity contribution >= 4 is 57.1 Å². The Bertz CT molecular complexity index is 3250. The number of hydrogen-bond acceptors (Lipinski definition) is 16. The normalized spacial score (nSPS) is 26.0. The highest BCUT2D eigenvalue weighted by Crippen LogP contribution is 2.59. The van der Waals surface area contributed by atoms with Crippen molar-refractivity contribution in [2.24, 2.45) is 46.3 Å². The number of esters is 2. The lowest BCUT2D eigenvalue weighted by molar-refractivity contribution is -0.153. The zero-order chi connectivity index (χ0) is 63.5. The van der Waals surface area contributed by atoms with Crippen LogP contribution < -0.4 is 28.4 Å². The monoisotopic (exact) mass is 1210 g/mol. The van der Waals surface area contributed by atoms with Gasteiger partial charge in [0.15, 0.2) is 0 Å². The summed E-state index contributed by atoms with van der Waals surface area (Å²) in [5, 5.41) is 1.60. The Morgan fingerprint density at radius 1 is 0.727 bits per heavy atom. The van der Waals surface area contributed by atoms with E-state index in [1.807, 2.05) is 65.1 Å². The zero-order valence-corrected chi connectivity index (χ0v) is 53.5. The van der Waals surface area contributed by atoms with E-state index < -0.39 is 40.6 Å². The molecule has 10 atom stereocenters. The Labute approximate surface area is 519 Å². The van der Waals surface area contributed by atoms with Gasteiger partial charge in [0.05, 0.1) is 74.3 Å². The van der Waals surface area contributed by atoms with E-state index in [9.17, 15) is 28.8 Å². The van der Waals surface area contributed by atoms with Crippen LogP contribution in [0.3, 0.4) is 0 Å². The molecule has 2 aromatic heterocycles. The van der Waals surface area contributed by atoms with Crippen LogP contribution in [0.4, 0.5) is 0 Å². The minimum Gasteiger partial charge on any atom is -0.496 e. The highest BCUT2D eigenvalue weighted by Gasteiger charge is 2.63. The van der Waals surface area contributed by atoms with Crippen LogP contribution in [0.2, 0.25) is 0 Å². The second-order valence-electron chi connectivity index (χ2n) is 24.3. The molecule has 5 aliphatic rings. The number of pyridine rings is 2. The molecule has 476 valence electrons. The second-order valence-corrected chi connectivity index (χ2v) is 24.3. The van der Waals surface area contributed by atoms with Crippen LogP contribution in [0.5, 0.6) is 34.8 Å². The SMILES string of the molecule is C=CCCCCN(C)C(=O)[C@@H]1C[C@H](Oc2cc(OCC)nc3c(C)c(OC)ccc23)C[C@H]1C(=O)C[C@]1(C(=O)OCC)C[C@H]1C=C.CCOC(=O)[C@]12CC(=O)[C@@H]3C[C@@H](Oc4cc(OCC)nc5c(C)c(OC)ccc45)C[C@H]3C(=O)N(C)CCCC/C=C\[C@@H]1C2. The van der Waals surface area contributed by atoms with Crippen LogP contribution in [0.1, 0.15) is 129 Å². The third-order valence-electron chi connectivity index (χ3n) is 18.6. The van der Waals surface area contributed by atoms with E-state index in [-0.39, 0.29) is 79.3 Å². The van der Waals surface area contributed by atoms with Crippen molar-refractivity contribution in [2.45, 2.75) is 144 Å². The standard InChI is InChI=1S/C36H48N2O7.C34H44N2O7/c1-8-12-13-14-17-38(6)34(40)28-19-25(18-27(28)29(39)22-36(21-24(36)9-2)35(41)44-11-4)45-31-20-32(43-10-3)37-33-23(5)30(42-7)16-15-26(31)33;1-6-41-30-18-29(24-13-14-28(40-5)21(3)31(24)35-30)43-23-16-25-26(17-23)32(38)36(4)15-11-9-8-10-12-22-19-34(22,20-27(25)37)33(39)42-7-2/h8-9,15-16,20,24-25,27-28H,1-2,10-14,17-19,21-22H2,3-7H3;10,12-14,18,22-23,25-26H,6-9,11,15-17,19-20H2,1-5H3/b;12-10-/t24-,25-,27-,28-,36-;22-,23-,25-,26-,34-/m11/s1. The Hall–Kier alpha value is -7.50. The molecule has 0 N–H and O–H groups in total. The summed E-state index contributed by atoms with van der Waals surface area (Å²) in [6, 6.07) is 11.1. The molecule has 2 aromatic carbocycles. The van der Waals surface area contributed by atoms with Gasteiger partial charge in [-0.2, -0.15) is 0 Å². The average Bonchev–Trinajstić information content (AvgIpc) is 1.76. The fourth-order valence-electron chi connectivity index (χ4n) is 13.6. The molecule has 18 nitrogen and oxygen atoms in total. The number of carbonyl (C=O) groups is 6. The molecular formula is C70H92N4O14. The molecule has 0 spiro atoms. The predicted molar refractivity (Wildman–Crippen MR) is 336 cm³/mol. The topological polar surface area (TPSA) is 209 Å². The lowest BCUT2D eigenvalue weighted by atomic mass is 9.84. The summed E-state index contributed by atoms with van der Waals surface area (Å²) in [4.78, 5) is 94.7. The second kappa shape index (κ2) is 29.7. The Balaban J connectivity index is 0.000000228. The van der Waals surface area contributed by atoms with Gasteiger partial charge in [-0.3, -0.25) is 28.8 Å². The molecule has 4 aromatic rings. The number of Topliss-reactive ketones (excluding diaryl/α,β-unsaturated/α-hetero) is 2. The van der Waals surface area contributed by atoms with Gasteiger partial charge in [0.25, 0.3) is 0 Å². The van der Waals surface area contributed by atoms with Gasteiger partial charge in [-0.05, 0) is 155 Å². The van der Waals surface area contributed by atoms with Gasteiger partial charge < -0.3 is 47.7 Å². The van der Waals surface area contributed by atoms with E-state index in [1.165, 1.54) is 0 Å². The van der Waals surface area contributed by atoms with Crippen molar-refractivity contribution in [1.29, 1.82) is 0 Å². The molecule has 1 aliphatic heterocycles. The minimum absolute atomic E-state index is 0.0101. The fraction of sp³-hybridized carbons (Fsp3) is 0.571. The fourth-order valence-corrected chi connectivity index (χ4v) is 13.6. The molecule has 0 saturated heterocycles. The summed E-state index contributed by atoms with van der Waals surface area (Å²) >= 11 is 0. The number of fused-ring (bicyclic) bond motifs is 4. The number of allylic oxidation sites excluding steroid dienone is 4. The first kappa shape index (κ1) is 66.5. The summed E-state index contributed by atoms with van der Waals surface area (Å²) in [5.74, 6) is 0.172. The van der Waals surface area contributed by atoms with Crippen molar-refractivity contribution in [3.63, 3.8) is 0 Å². The van der Waals surface area contributed by atoms with E-state index in [2.05, 4.69) is 25.3 Å². The van der Waals surface area contributed by atoms with E-state index in [0.29, 0.717) is 111 Å². The lowest BCUT2D eigenvalue weighted by Crippen LogP contribution is -2.38. The number of hydrogen-bond donors (Lipinski definition) is 0. The Morgan fingerprint density at radius 2 is 1.31 bits per heavy atom. The molecule has 88 heavy (non-hydrogen) atoms. The van der Waals surface area contributed by atoms with Crippen molar-refractivity contribution in [1.82, 2.24) is 19.8 Å². The maximum atomic E-state index is 14.0. The molecule has 4 aliphatic carbocycles. The van der Waals surface area contributed by atoms with E-state index in [0.717, 1.165) is 60.4 Å². The number of nitrogens with zero attached hydrogens (tertiary/aromatic N) is 4. The number of carbonyl (C=O) groups excluding carboxylic acids is 6. The van der Waals surface area contributed by atoms with Crippen LogP contribution >= 0.6 is 0 Å². The molecule has 2 amide bonds. The first-order valence-corrected chi connectivity index (χ1v) is 31.7. The number of unbranched alkanes of at least 4 members (excludes halogenated alkanes) is 2. The van der Waals surface area contributed by atoms with Gasteiger partial charge >= 0.3 is 11.9 Å². The van der Waals surface area contributed by atoms with Gasteiger partial charge in [0.1, 0.15) is 46.8 Å². The third-order valence-corrected chi connectivity index (χ3v) is 18.6. The van der Waals surface area contributed by atoms with Gasteiger partial charge in [-0.15, -0.1) is 13.2 Å². The highest BCUT2D eigenvalue weighted by atomic mass is 16.5. The van der Waals surface area contributed by atoms with E-state index in [4.69, 9.17) is 47.9 Å². The number of aryl methyl sites for hydroxylation is 2. The number of rotatable bonds is 24. The van der Waals surface area contributed by atoms with E-state index in [1.54, 1.807) is 63.1 Å². The molecule has 0 bridgehead atoms. The van der Waals surface area contributed by atoms with Crippen LogP contribution in [0.25, 0.3) is 21.8 Å². The van der Waals surface area contributed by atoms with Crippen LogP contribution in [0.15, 0.2) is 73.9 Å². The van der Waals surface area contributed by atoms with Crippen molar-refractivity contribution < 1.29 is 66.7 Å². The summed E-state index contributed by atoms with van der Waals surface area (Å²) in [6.07, 6.45) is 15.2. The smallest absolute Gasteiger partial charge is 0.313 e. The quantitative estimate of drug-likeness (QED) is 0.0363. The molecule has 18 heteroatoms. The number of aromatic nitrogens is 2. The summed E-state index contributed by atoms with van der Waals surface area (Å²) in [6.45, 7) is 21.5. The lowest BCUT2D eigenvalue weighted by Gasteiger charge is -2.25. The summed E-state index contributed by atoms with van der Waals surface area (Å²) < 4.78 is 46.6. The van der Waals surface area contributed by atoms with Crippen molar-refractivity contribution in [2.75, 3.05) is 67.8 Å². The maximum Gasteiger partial charge on any atom is 0.313 e. The van der Waals surface area contributed by atoms with Gasteiger partial charge in [0, 0.05) is 85.9 Å². The third kappa shape index (κ3) is 14.6. The molecule has 4 saturated carbocycles. The Kier molecular flexibility index (Phi) is 22.4. The number of ether oxygens (including phenoxy) is 8. The van der Waals surface area contributed by atoms with Crippen LogP contribution in [0, 0.1) is 60.2 Å². The first-order valence-electron chi connectivity index (χ1n) is 31.7. The minimum atomic E-state index is -0.901. The number of amides is 2. The van der Waals surface area contributed by atoms with E-state index >= 15 is 0 Å². The average molecular weight is 1210 g/mol. The molecule has 0 radical (unpaired) electrons. The molecule has 4 fully saturated rings. The van der Waals surface area contributed by atoms with Crippen molar-refractivity contribution in [3.05, 3.63) is 85.0 Å². The number of ketones is 2. The molecule has 3 heterocycles. The summed E-state index contributed by atoms with van der Waals surface area (Å²) in [5.41, 5.74) is 1.41. The zero-order valence-electron chi connectivity index (χ0n) is 53.5. The number of benzene rings is 2.